The molecule has 20 heavy (non-hydrogen) atoms. The average molecular weight is 294 g/mol. The predicted molar refractivity (Wildman–Crippen MR) is 70.3 cm³/mol. The van der Waals surface area contributed by atoms with Gasteiger partial charge in [0, 0.05) is 0 Å². The quantitative estimate of drug-likeness (QED) is 0.642. The van der Waals surface area contributed by atoms with Crippen LogP contribution in [-0.4, -0.2) is 14.4 Å². The Hall–Kier alpha value is -2.21. The summed E-state index contributed by atoms with van der Waals surface area (Å²) in [5, 5.41) is 0. The molecule has 6 heteroatoms. The van der Waals surface area contributed by atoms with Crippen LogP contribution in [0, 0.1) is 0 Å². The first-order chi connectivity index (χ1) is 9.47. The molecule has 0 atom stereocenters. The smallest absolute Gasteiger partial charge is 0.338 e. The van der Waals surface area contributed by atoms with E-state index in [2.05, 4.69) is 0 Å². The molecule has 104 valence electrons. The molecule has 0 saturated heterocycles. The fraction of sp³-hybridized carbons (Fsp3) is 0.0714. The number of carbonyl (C=O) groups is 1. The summed E-state index contributed by atoms with van der Waals surface area (Å²) < 4.78 is 39.0. The Bertz CT molecular complexity index is 694. The van der Waals surface area contributed by atoms with E-state index < -0.39 is 21.1 Å². The Morgan fingerprint density at radius 3 is 2.15 bits per heavy atom. The molecule has 0 aliphatic carbocycles. The van der Waals surface area contributed by atoms with Crippen molar-refractivity contribution >= 4 is 16.2 Å². The molecule has 0 spiro atoms. The zero-order chi connectivity index (χ0) is 14.6. The second-order valence-corrected chi connectivity index (χ2v) is 5.37. The van der Waals surface area contributed by atoms with Gasteiger partial charge in [-0.25, -0.2) is 4.79 Å². The third-order valence-electron chi connectivity index (χ3n) is 2.58. The van der Waals surface area contributed by atoms with Crippen LogP contribution < -0.4 is 0 Å². The van der Waals surface area contributed by atoms with E-state index in [1.165, 1.54) is 12.1 Å². The maximum absolute atomic E-state index is 12.7. The molecule has 2 rings (SSSR count). The maximum atomic E-state index is 12.7. The van der Waals surface area contributed by atoms with E-state index in [-0.39, 0.29) is 12.2 Å². The van der Waals surface area contributed by atoms with Crippen LogP contribution in [0.25, 0.3) is 0 Å². The standard InChI is InChI=1S/C14H11FO4S/c15-20(17,18)13-8-6-12(7-9-13)14(16)19-10-11-4-2-1-3-5-11/h1-9H,10H2. The van der Waals surface area contributed by atoms with Gasteiger partial charge in [0.05, 0.1) is 10.5 Å². The highest BCUT2D eigenvalue weighted by atomic mass is 32.3. The van der Waals surface area contributed by atoms with E-state index in [4.69, 9.17) is 4.74 Å². The van der Waals surface area contributed by atoms with E-state index in [9.17, 15) is 17.1 Å². The Morgan fingerprint density at radius 1 is 1.00 bits per heavy atom. The van der Waals surface area contributed by atoms with Crippen LogP contribution in [-0.2, 0) is 21.6 Å². The molecule has 4 nitrogen and oxygen atoms in total. The van der Waals surface area contributed by atoms with E-state index in [1.54, 1.807) is 0 Å². The predicted octanol–water partition coefficient (Wildman–Crippen LogP) is 2.70. The second-order valence-electron chi connectivity index (χ2n) is 4.02. The summed E-state index contributed by atoms with van der Waals surface area (Å²) in [5.41, 5.74) is 0.997. The van der Waals surface area contributed by atoms with Gasteiger partial charge in [0.2, 0.25) is 0 Å². The number of hydrogen-bond acceptors (Lipinski definition) is 4. The fourth-order valence-corrected chi connectivity index (χ4v) is 2.02. The fourth-order valence-electron chi connectivity index (χ4n) is 1.56. The molecule has 0 fully saturated rings. The lowest BCUT2D eigenvalue weighted by Crippen LogP contribution is -2.05. The highest BCUT2D eigenvalue weighted by molar-refractivity contribution is 7.86. The second kappa shape index (κ2) is 5.83. The van der Waals surface area contributed by atoms with E-state index >= 15 is 0 Å². The SMILES string of the molecule is O=C(OCc1ccccc1)c1ccc(S(=O)(=O)F)cc1. The third-order valence-corrected chi connectivity index (χ3v) is 3.42. The van der Waals surface area contributed by atoms with E-state index in [1.807, 2.05) is 30.3 Å². The molecule has 0 aliphatic rings. The summed E-state index contributed by atoms with van der Waals surface area (Å²) in [7, 11) is -4.75. The number of halogens is 1. The first kappa shape index (κ1) is 14.2. The monoisotopic (exact) mass is 294 g/mol. The highest BCUT2D eigenvalue weighted by Crippen LogP contribution is 2.14. The molecule has 0 bridgehead atoms. The van der Waals surface area contributed by atoms with Gasteiger partial charge in [-0.05, 0) is 29.8 Å². The zero-order valence-electron chi connectivity index (χ0n) is 10.3. The maximum Gasteiger partial charge on any atom is 0.338 e. The minimum Gasteiger partial charge on any atom is -0.457 e. The Balaban J connectivity index is 2.03. The molecular formula is C14H11FO4S. The summed E-state index contributed by atoms with van der Waals surface area (Å²) in [4.78, 5) is 11.2. The normalized spacial score (nSPS) is 11.1. The number of rotatable bonds is 4. The third kappa shape index (κ3) is 3.64. The van der Waals surface area contributed by atoms with Gasteiger partial charge in [-0.3, -0.25) is 0 Å². The minimum absolute atomic E-state index is 0.114. The first-order valence-corrected chi connectivity index (χ1v) is 7.11. The first-order valence-electron chi connectivity index (χ1n) is 5.72. The number of ether oxygens (including phenoxy) is 1. The molecule has 0 amide bonds. The van der Waals surface area contributed by atoms with Crippen LogP contribution in [0.4, 0.5) is 3.89 Å². The lowest BCUT2D eigenvalue weighted by Gasteiger charge is -2.05. The summed E-state index contributed by atoms with van der Waals surface area (Å²) in [6, 6.07) is 13.6. The minimum atomic E-state index is -4.75. The lowest BCUT2D eigenvalue weighted by atomic mass is 10.2. The Kier molecular flexibility index (Phi) is 4.14. The largest absolute Gasteiger partial charge is 0.457 e. The van der Waals surface area contributed by atoms with Crippen molar-refractivity contribution in [2.24, 2.45) is 0 Å². The van der Waals surface area contributed by atoms with Crippen molar-refractivity contribution in [2.45, 2.75) is 11.5 Å². The molecule has 0 aliphatic heterocycles. The molecule has 0 N–H and O–H groups in total. The number of esters is 1. The summed E-state index contributed by atoms with van der Waals surface area (Å²) in [6.45, 7) is 0.114. The average Bonchev–Trinajstić information content (AvgIpc) is 2.45. The van der Waals surface area contributed by atoms with Crippen molar-refractivity contribution in [1.29, 1.82) is 0 Å². The van der Waals surface area contributed by atoms with Gasteiger partial charge in [0.1, 0.15) is 6.61 Å². The molecule has 2 aromatic rings. The van der Waals surface area contributed by atoms with Crippen LogP contribution in [0.5, 0.6) is 0 Å². The molecule has 0 heterocycles. The van der Waals surface area contributed by atoms with Gasteiger partial charge in [-0.1, -0.05) is 30.3 Å². The summed E-state index contributed by atoms with van der Waals surface area (Å²) in [5.74, 6) is -0.600. The van der Waals surface area contributed by atoms with Crippen LogP contribution >= 0.6 is 0 Å². The van der Waals surface area contributed by atoms with Crippen molar-refractivity contribution in [3.8, 4) is 0 Å². The van der Waals surface area contributed by atoms with Gasteiger partial charge in [-0.2, -0.15) is 8.42 Å². The molecule has 2 aromatic carbocycles. The molecule has 0 aromatic heterocycles. The van der Waals surface area contributed by atoms with Crippen molar-refractivity contribution in [3.63, 3.8) is 0 Å². The number of carbonyl (C=O) groups excluding carboxylic acids is 1. The van der Waals surface area contributed by atoms with Crippen molar-refractivity contribution in [3.05, 3.63) is 65.7 Å². The lowest BCUT2D eigenvalue weighted by molar-refractivity contribution is 0.0472. The van der Waals surface area contributed by atoms with Gasteiger partial charge < -0.3 is 4.74 Å². The zero-order valence-corrected chi connectivity index (χ0v) is 11.1. The van der Waals surface area contributed by atoms with Crippen LogP contribution in [0.1, 0.15) is 15.9 Å². The van der Waals surface area contributed by atoms with Crippen LogP contribution in [0.2, 0.25) is 0 Å². The van der Waals surface area contributed by atoms with Crippen molar-refractivity contribution in [2.75, 3.05) is 0 Å². The van der Waals surface area contributed by atoms with E-state index in [0.29, 0.717) is 0 Å². The van der Waals surface area contributed by atoms with Crippen molar-refractivity contribution in [1.82, 2.24) is 0 Å². The molecule has 0 radical (unpaired) electrons. The highest BCUT2D eigenvalue weighted by Gasteiger charge is 2.13. The van der Waals surface area contributed by atoms with Gasteiger partial charge in [0.25, 0.3) is 0 Å². The molecule has 0 unspecified atom stereocenters. The molecular weight excluding hydrogens is 283 g/mol. The van der Waals surface area contributed by atoms with Crippen LogP contribution in [0.3, 0.4) is 0 Å². The topological polar surface area (TPSA) is 60.4 Å². The van der Waals surface area contributed by atoms with Gasteiger partial charge in [-0.15, -0.1) is 3.89 Å². The Morgan fingerprint density at radius 2 is 1.60 bits per heavy atom. The Labute approximate surface area is 116 Å². The summed E-state index contributed by atoms with van der Waals surface area (Å²) in [6.07, 6.45) is 0. The van der Waals surface area contributed by atoms with Gasteiger partial charge in [0.15, 0.2) is 0 Å². The summed E-state index contributed by atoms with van der Waals surface area (Å²) >= 11 is 0. The van der Waals surface area contributed by atoms with E-state index in [0.717, 1.165) is 17.7 Å². The molecule has 0 saturated carbocycles. The number of benzene rings is 2. The number of hydrogen-bond donors (Lipinski definition) is 0. The van der Waals surface area contributed by atoms with Crippen LogP contribution in [0.15, 0.2) is 59.5 Å². The van der Waals surface area contributed by atoms with Crippen molar-refractivity contribution < 1.29 is 21.8 Å². The van der Waals surface area contributed by atoms with Gasteiger partial charge >= 0.3 is 16.2 Å².